The smallest absolute Gasteiger partial charge is 0.191 e. The quantitative estimate of drug-likeness (QED) is 0.312. The molecule has 1 aromatic carbocycles. The van der Waals surface area contributed by atoms with Crippen LogP contribution in [0.3, 0.4) is 0 Å². The van der Waals surface area contributed by atoms with Crippen LogP contribution in [0.1, 0.15) is 25.3 Å². The molecule has 0 saturated carbocycles. The van der Waals surface area contributed by atoms with E-state index >= 15 is 0 Å². The second kappa shape index (κ2) is 11.1. The van der Waals surface area contributed by atoms with E-state index in [0.29, 0.717) is 18.3 Å². The lowest BCUT2D eigenvalue weighted by molar-refractivity contribution is 0.373. The molecule has 1 aliphatic heterocycles. The topological polar surface area (TPSA) is 86.9 Å². The lowest BCUT2D eigenvalue weighted by Crippen LogP contribution is -2.51. The second-order valence-corrected chi connectivity index (χ2v) is 7.00. The van der Waals surface area contributed by atoms with Crippen molar-refractivity contribution in [1.29, 1.82) is 0 Å². The summed E-state index contributed by atoms with van der Waals surface area (Å²) in [5.74, 6) is 1.39. The van der Waals surface area contributed by atoms with Crippen LogP contribution in [0.15, 0.2) is 35.6 Å². The molecule has 1 saturated heterocycles. The molecule has 3 rings (SSSR count). The molecule has 0 spiro atoms. The number of anilines is 1. The molecule has 0 amide bonds. The van der Waals surface area contributed by atoms with Crippen molar-refractivity contribution in [1.82, 2.24) is 20.4 Å². The van der Waals surface area contributed by atoms with E-state index in [1.54, 1.807) is 19.2 Å². The molecular weight excluding hydrogens is 483 g/mol. The van der Waals surface area contributed by atoms with Crippen molar-refractivity contribution in [2.45, 2.75) is 32.4 Å². The van der Waals surface area contributed by atoms with Crippen molar-refractivity contribution in [3.63, 3.8) is 0 Å². The number of aliphatic imine (C=N–C) groups is 1. The van der Waals surface area contributed by atoms with Crippen LogP contribution in [0.5, 0.6) is 11.5 Å². The molecule has 8 nitrogen and oxygen atoms in total. The highest BCUT2D eigenvalue weighted by Crippen LogP contribution is 2.26. The summed E-state index contributed by atoms with van der Waals surface area (Å²) >= 11 is 0. The summed E-state index contributed by atoms with van der Waals surface area (Å²) in [4.78, 5) is 7.04. The monoisotopic (exact) mass is 514 g/mol. The number of benzene rings is 1. The van der Waals surface area contributed by atoms with Crippen LogP contribution >= 0.6 is 24.0 Å². The number of halogens is 1. The molecule has 9 heteroatoms. The Bertz CT molecular complexity index is 810. The number of hydrogen-bond acceptors (Lipinski definition) is 5. The second-order valence-electron chi connectivity index (χ2n) is 7.00. The van der Waals surface area contributed by atoms with E-state index in [9.17, 15) is 5.11 Å². The van der Waals surface area contributed by atoms with Gasteiger partial charge in [0.05, 0.1) is 25.5 Å². The normalized spacial score (nSPS) is 16.9. The maximum atomic E-state index is 9.94. The third-order valence-corrected chi connectivity index (χ3v) is 4.83. The van der Waals surface area contributed by atoms with Crippen molar-refractivity contribution in [2.24, 2.45) is 12.0 Å². The van der Waals surface area contributed by atoms with Crippen LogP contribution in [0, 0.1) is 0 Å². The number of nitrogens with one attached hydrogen (secondary N) is 2. The van der Waals surface area contributed by atoms with E-state index < -0.39 is 0 Å². The summed E-state index contributed by atoms with van der Waals surface area (Å²) in [6.07, 6.45) is 6.19. The molecular formula is C20H31IN6O2. The Kier molecular flexibility index (Phi) is 8.87. The molecule has 1 aromatic heterocycles. The standard InChI is InChI=1S/C20H30N6O2.HI/c1-4-21-20(22-11-15-7-8-19(28-3)18(27)10-15)24-16-6-5-9-26(13-16)17-12-23-25(2)14-17;/h7-8,10,12,14,16,27H,4-6,9,11,13H2,1-3H3,(H2,21,22,24);1H. The number of aromatic hydroxyl groups is 1. The van der Waals surface area contributed by atoms with Crippen molar-refractivity contribution in [2.75, 3.05) is 31.6 Å². The van der Waals surface area contributed by atoms with Gasteiger partial charge in [-0.1, -0.05) is 6.07 Å². The fourth-order valence-corrected chi connectivity index (χ4v) is 3.42. The van der Waals surface area contributed by atoms with Gasteiger partial charge in [-0.3, -0.25) is 4.68 Å². The van der Waals surface area contributed by atoms with Gasteiger partial charge in [-0.25, -0.2) is 4.99 Å². The van der Waals surface area contributed by atoms with E-state index in [1.807, 2.05) is 24.0 Å². The highest BCUT2D eigenvalue weighted by Gasteiger charge is 2.21. The first-order chi connectivity index (χ1) is 13.6. The van der Waals surface area contributed by atoms with Gasteiger partial charge in [0, 0.05) is 38.9 Å². The number of phenolic OH excluding ortho intramolecular Hbond substituents is 1. The Labute approximate surface area is 189 Å². The third-order valence-electron chi connectivity index (χ3n) is 4.83. The number of piperidine rings is 1. The summed E-state index contributed by atoms with van der Waals surface area (Å²) in [6, 6.07) is 5.68. The molecule has 2 heterocycles. The van der Waals surface area contributed by atoms with Gasteiger partial charge in [-0.15, -0.1) is 24.0 Å². The van der Waals surface area contributed by atoms with E-state index in [1.165, 1.54) is 0 Å². The third kappa shape index (κ3) is 6.41. The molecule has 3 N–H and O–H groups in total. The first kappa shape index (κ1) is 23.1. The lowest BCUT2D eigenvalue weighted by Gasteiger charge is -2.34. The van der Waals surface area contributed by atoms with Crippen LogP contribution in [0.4, 0.5) is 5.69 Å². The van der Waals surface area contributed by atoms with Crippen molar-refractivity contribution < 1.29 is 9.84 Å². The molecule has 1 atom stereocenters. The van der Waals surface area contributed by atoms with Crippen molar-refractivity contribution in [3.05, 3.63) is 36.2 Å². The number of aryl methyl sites for hydroxylation is 1. The zero-order valence-electron chi connectivity index (χ0n) is 17.3. The van der Waals surface area contributed by atoms with Gasteiger partial charge in [0.1, 0.15) is 0 Å². The average molecular weight is 514 g/mol. The summed E-state index contributed by atoms with van der Waals surface area (Å²) in [5, 5.41) is 21.1. The molecule has 2 aromatic rings. The molecule has 29 heavy (non-hydrogen) atoms. The molecule has 1 aliphatic rings. The Morgan fingerprint density at radius 3 is 2.90 bits per heavy atom. The fourth-order valence-electron chi connectivity index (χ4n) is 3.42. The lowest BCUT2D eigenvalue weighted by atomic mass is 10.1. The van der Waals surface area contributed by atoms with Crippen LogP contribution in [-0.2, 0) is 13.6 Å². The van der Waals surface area contributed by atoms with Crippen LogP contribution < -0.4 is 20.3 Å². The fraction of sp³-hybridized carbons (Fsp3) is 0.500. The molecule has 0 bridgehead atoms. The van der Waals surface area contributed by atoms with Gasteiger partial charge >= 0.3 is 0 Å². The van der Waals surface area contributed by atoms with Gasteiger partial charge in [-0.2, -0.15) is 5.10 Å². The minimum Gasteiger partial charge on any atom is -0.504 e. The Balaban J connectivity index is 0.00000300. The minimum absolute atomic E-state index is 0. The summed E-state index contributed by atoms with van der Waals surface area (Å²) < 4.78 is 6.93. The zero-order valence-corrected chi connectivity index (χ0v) is 19.6. The minimum atomic E-state index is 0. The number of aromatic nitrogens is 2. The Hall–Kier alpha value is -2.17. The summed E-state index contributed by atoms with van der Waals surface area (Å²) in [7, 11) is 3.48. The van der Waals surface area contributed by atoms with Crippen LogP contribution in [-0.4, -0.2) is 53.6 Å². The van der Waals surface area contributed by atoms with Crippen LogP contribution in [0.25, 0.3) is 0 Å². The van der Waals surface area contributed by atoms with E-state index in [2.05, 4.69) is 38.7 Å². The molecule has 1 unspecified atom stereocenters. The highest BCUT2D eigenvalue weighted by molar-refractivity contribution is 14.0. The summed E-state index contributed by atoms with van der Waals surface area (Å²) in [5.41, 5.74) is 2.08. The van der Waals surface area contributed by atoms with E-state index in [4.69, 9.17) is 4.74 Å². The average Bonchev–Trinajstić information content (AvgIpc) is 3.13. The number of phenols is 1. The van der Waals surface area contributed by atoms with Crippen molar-refractivity contribution >= 4 is 35.6 Å². The van der Waals surface area contributed by atoms with Gasteiger partial charge in [0.25, 0.3) is 0 Å². The maximum Gasteiger partial charge on any atom is 0.191 e. The largest absolute Gasteiger partial charge is 0.504 e. The van der Waals surface area contributed by atoms with Crippen LogP contribution in [0.2, 0.25) is 0 Å². The maximum absolute atomic E-state index is 9.94. The number of ether oxygens (including phenoxy) is 1. The Morgan fingerprint density at radius 2 is 2.24 bits per heavy atom. The van der Waals surface area contributed by atoms with Gasteiger partial charge in [0.2, 0.25) is 0 Å². The number of hydrogen-bond donors (Lipinski definition) is 3. The number of guanidine groups is 1. The molecule has 0 radical (unpaired) electrons. The number of rotatable bonds is 6. The highest BCUT2D eigenvalue weighted by atomic mass is 127. The predicted octanol–water partition coefficient (Wildman–Crippen LogP) is 2.48. The molecule has 1 fully saturated rings. The number of methoxy groups -OCH3 is 1. The molecule has 160 valence electrons. The predicted molar refractivity (Wildman–Crippen MR) is 126 cm³/mol. The van der Waals surface area contributed by atoms with Gasteiger partial charge < -0.3 is 25.4 Å². The Morgan fingerprint density at radius 1 is 1.41 bits per heavy atom. The van der Waals surface area contributed by atoms with E-state index in [0.717, 1.165) is 49.7 Å². The summed E-state index contributed by atoms with van der Waals surface area (Å²) in [6.45, 7) is 5.28. The SMILES string of the molecule is CCNC(=NCc1ccc(OC)c(O)c1)NC1CCCN(c2cnn(C)c2)C1.I. The van der Waals surface area contributed by atoms with E-state index in [-0.39, 0.29) is 29.7 Å². The first-order valence-corrected chi connectivity index (χ1v) is 9.73. The molecule has 0 aliphatic carbocycles. The zero-order chi connectivity index (χ0) is 19.9. The van der Waals surface area contributed by atoms with Crippen molar-refractivity contribution in [3.8, 4) is 11.5 Å². The van der Waals surface area contributed by atoms with Gasteiger partial charge in [-0.05, 0) is 37.5 Å². The first-order valence-electron chi connectivity index (χ1n) is 9.73. The van der Waals surface area contributed by atoms with Gasteiger partial charge in [0.15, 0.2) is 17.5 Å². The number of nitrogens with zero attached hydrogens (tertiary/aromatic N) is 4.